The highest BCUT2D eigenvalue weighted by molar-refractivity contribution is 5.11. The maximum Gasteiger partial charge on any atom is -0.0177 e. The molecule has 16 heavy (non-hydrogen) atoms. The Morgan fingerprint density at radius 3 is 2.50 bits per heavy atom. The Hall–Kier alpha value is -0.260. The summed E-state index contributed by atoms with van der Waals surface area (Å²) in [5, 5.41) is 0. The van der Waals surface area contributed by atoms with Crippen LogP contribution in [0.2, 0.25) is 0 Å². The Balaban J connectivity index is 1.96. The van der Waals surface area contributed by atoms with Gasteiger partial charge in [-0.05, 0) is 62.7 Å². The Kier molecular flexibility index (Phi) is 4.49. The summed E-state index contributed by atoms with van der Waals surface area (Å²) in [6, 6.07) is 0. The van der Waals surface area contributed by atoms with E-state index in [1.54, 1.807) is 0 Å². The number of allylic oxidation sites excluding steroid dienone is 2. The van der Waals surface area contributed by atoms with Gasteiger partial charge in [-0.25, -0.2) is 0 Å². The predicted molar refractivity (Wildman–Crippen MR) is 71.5 cm³/mol. The van der Waals surface area contributed by atoms with E-state index >= 15 is 0 Å². The SMILES string of the molecule is CCC(C1=CCCCC1)C1CCC(C)CC1. The summed E-state index contributed by atoms with van der Waals surface area (Å²) in [4.78, 5) is 0. The summed E-state index contributed by atoms with van der Waals surface area (Å²) in [6.07, 6.45) is 15.6. The first-order chi connectivity index (χ1) is 7.81. The molecule has 1 unspecified atom stereocenters. The van der Waals surface area contributed by atoms with Gasteiger partial charge in [-0.3, -0.25) is 0 Å². The molecule has 0 aromatic carbocycles. The van der Waals surface area contributed by atoms with Crippen LogP contribution in [-0.2, 0) is 0 Å². The molecule has 0 heterocycles. The average Bonchev–Trinajstić information content (AvgIpc) is 2.34. The molecule has 0 radical (unpaired) electrons. The lowest BCUT2D eigenvalue weighted by molar-refractivity contribution is 0.224. The van der Waals surface area contributed by atoms with Crippen LogP contribution in [0, 0.1) is 17.8 Å². The molecule has 0 aromatic rings. The van der Waals surface area contributed by atoms with Crippen molar-refractivity contribution in [3.8, 4) is 0 Å². The van der Waals surface area contributed by atoms with Crippen LogP contribution in [0.1, 0.15) is 71.6 Å². The van der Waals surface area contributed by atoms with Crippen LogP contribution < -0.4 is 0 Å². The van der Waals surface area contributed by atoms with E-state index < -0.39 is 0 Å². The Morgan fingerprint density at radius 1 is 1.19 bits per heavy atom. The molecule has 0 aromatic heterocycles. The minimum atomic E-state index is 0.938. The van der Waals surface area contributed by atoms with Gasteiger partial charge in [-0.2, -0.15) is 0 Å². The van der Waals surface area contributed by atoms with Crippen molar-refractivity contribution >= 4 is 0 Å². The summed E-state index contributed by atoms with van der Waals surface area (Å²) >= 11 is 0. The van der Waals surface area contributed by atoms with Crippen LogP contribution in [0.3, 0.4) is 0 Å². The molecule has 0 nitrogen and oxygen atoms in total. The van der Waals surface area contributed by atoms with Crippen LogP contribution in [0.4, 0.5) is 0 Å². The molecule has 1 saturated carbocycles. The third-order valence-electron chi connectivity index (χ3n) is 4.87. The van der Waals surface area contributed by atoms with E-state index in [1.165, 1.54) is 57.8 Å². The predicted octanol–water partition coefficient (Wildman–Crippen LogP) is 5.34. The lowest BCUT2D eigenvalue weighted by Crippen LogP contribution is -2.22. The molecular weight excluding hydrogens is 192 g/mol. The number of hydrogen-bond acceptors (Lipinski definition) is 0. The Bertz CT molecular complexity index is 230. The number of rotatable bonds is 3. The van der Waals surface area contributed by atoms with Crippen LogP contribution in [0.25, 0.3) is 0 Å². The van der Waals surface area contributed by atoms with Crippen molar-refractivity contribution in [1.82, 2.24) is 0 Å². The van der Waals surface area contributed by atoms with Crippen molar-refractivity contribution in [2.75, 3.05) is 0 Å². The van der Waals surface area contributed by atoms with Gasteiger partial charge >= 0.3 is 0 Å². The topological polar surface area (TPSA) is 0 Å². The van der Waals surface area contributed by atoms with Crippen molar-refractivity contribution in [2.45, 2.75) is 71.6 Å². The van der Waals surface area contributed by atoms with Gasteiger partial charge in [0.2, 0.25) is 0 Å². The minimum absolute atomic E-state index is 0.938. The van der Waals surface area contributed by atoms with Gasteiger partial charge in [0.25, 0.3) is 0 Å². The van der Waals surface area contributed by atoms with Gasteiger partial charge in [-0.15, -0.1) is 0 Å². The van der Waals surface area contributed by atoms with E-state index in [4.69, 9.17) is 0 Å². The molecule has 92 valence electrons. The zero-order valence-electron chi connectivity index (χ0n) is 11.2. The molecular formula is C16H28. The lowest BCUT2D eigenvalue weighted by atomic mass is 9.71. The van der Waals surface area contributed by atoms with Gasteiger partial charge in [0.15, 0.2) is 0 Å². The van der Waals surface area contributed by atoms with Crippen molar-refractivity contribution in [2.24, 2.45) is 17.8 Å². The number of hydrogen-bond donors (Lipinski definition) is 0. The first kappa shape index (κ1) is 12.2. The summed E-state index contributed by atoms with van der Waals surface area (Å²) in [5.41, 5.74) is 1.83. The van der Waals surface area contributed by atoms with E-state index in [0.717, 1.165) is 17.8 Å². The molecule has 0 heteroatoms. The fourth-order valence-electron chi connectivity index (χ4n) is 3.79. The molecule has 2 aliphatic rings. The highest BCUT2D eigenvalue weighted by atomic mass is 14.3. The average molecular weight is 220 g/mol. The van der Waals surface area contributed by atoms with E-state index in [0.29, 0.717) is 0 Å². The molecule has 0 bridgehead atoms. The quantitative estimate of drug-likeness (QED) is 0.563. The Morgan fingerprint density at radius 2 is 1.94 bits per heavy atom. The molecule has 0 spiro atoms. The van der Waals surface area contributed by atoms with Crippen LogP contribution in [0.15, 0.2) is 11.6 Å². The van der Waals surface area contributed by atoms with Crippen LogP contribution >= 0.6 is 0 Å². The summed E-state index contributed by atoms with van der Waals surface area (Å²) in [7, 11) is 0. The monoisotopic (exact) mass is 220 g/mol. The van der Waals surface area contributed by atoms with Crippen LogP contribution in [0.5, 0.6) is 0 Å². The Labute approximate surface area is 102 Å². The van der Waals surface area contributed by atoms with Crippen molar-refractivity contribution in [3.63, 3.8) is 0 Å². The van der Waals surface area contributed by atoms with Gasteiger partial charge < -0.3 is 0 Å². The van der Waals surface area contributed by atoms with Crippen LogP contribution in [-0.4, -0.2) is 0 Å². The lowest BCUT2D eigenvalue weighted by Gasteiger charge is -2.34. The van der Waals surface area contributed by atoms with E-state index in [9.17, 15) is 0 Å². The molecule has 1 fully saturated rings. The summed E-state index contributed by atoms with van der Waals surface area (Å²) < 4.78 is 0. The van der Waals surface area contributed by atoms with E-state index in [-0.39, 0.29) is 0 Å². The van der Waals surface area contributed by atoms with Gasteiger partial charge in [0.05, 0.1) is 0 Å². The molecule has 2 rings (SSSR count). The third kappa shape index (κ3) is 2.90. The molecule has 0 saturated heterocycles. The maximum atomic E-state index is 2.58. The standard InChI is InChI=1S/C16H28/c1-3-16(14-7-5-4-6-8-14)15-11-9-13(2)10-12-15/h7,13,15-16H,3-6,8-12H2,1-2H3. The van der Waals surface area contributed by atoms with Crippen molar-refractivity contribution in [1.29, 1.82) is 0 Å². The normalized spacial score (nSPS) is 33.2. The van der Waals surface area contributed by atoms with Gasteiger partial charge in [0, 0.05) is 0 Å². The first-order valence-electron chi connectivity index (χ1n) is 7.50. The zero-order chi connectivity index (χ0) is 11.4. The second-order valence-electron chi connectivity index (χ2n) is 6.06. The zero-order valence-corrected chi connectivity index (χ0v) is 11.2. The van der Waals surface area contributed by atoms with E-state index in [1.807, 2.05) is 5.57 Å². The minimum Gasteiger partial charge on any atom is -0.0850 e. The van der Waals surface area contributed by atoms with Crippen molar-refractivity contribution in [3.05, 3.63) is 11.6 Å². The third-order valence-corrected chi connectivity index (χ3v) is 4.87. The van der Waals surface area contributed by atoms with E-state index in [2.05, 4.69) is 19.9 Å². The second-order valence-corrected chi connectivity index (χ2v) is 6.06. The largest absolute Gasteiger partial charge is 0.0850 e. The van der Waals surface area contributed by atoms with Crippen molar-refractivity contribution < 1.29 is 0 Å². The fourth-order valence-corrected chi connectivity index (χ4v) is 3.79. The molecule has 2 aliphatic carbocycles. The smallest absolute Gasteiger partial charge is 0.0177 e. The van der Waals surface area contributed by atoms with Gasteiger partial charge in [-0.1, -0.05) is 38.3 Å². The summed E-state index contributed by atoms with van der Waals surface area (Å²) in [6.45, 7) is 4.83. The maximum absolute atomic E-state index is 2.58. The highest BCUT2D eigenvalue weighted by Crippen LogP contribution is 2.40. The highest BCUT2D eigenvalue weighted by Gasteiger charge is 2.27. The first-order valence-corrected chi connectivity index (χ1v) is 7.50. The molecule has 0 amide bonds. The van der Waals surface area contributed by atoms with Gasteiger partial charge in [0.1, 0.15) is 0 Å². The summed E-state index contributed by atoms with van der Waals surface area (Å²) in [5.74, 6) is 2.95. The fraction of sp³-hybridized carbons (Fsp3) is 0.875. The molecule has 0 N–H and O–H groups in total. The molecule has 0 aliphatic heterocycles. The molecule has 1 atom stereocenters. The second kappa shape index (κ2) is 5.89.